The number of benzene rings is 1. The van der Waals surface area contributed by atoms with E-state index in [0.717, 1.165) is 6.26 Å². The number of carbonyl (C=O) groups excluding carboxylic acids is 1. The van der Waals surface area contributed by atoms with Crippen LogP contribution in [0, 0.1) is 0 Å². The van der Waals surface area contributed by atoms with Crippen LogP contribution in [0.25, 0.3) is 0 Å². The number of halogens is 1. The quantitative estimate of drug-likeness (QED) is 0.628. The Bertz CT molecular complexity index is 528. The summed E-state index contributed by atoms with van der Waals surface area (Å²) in [6, 6.07) is 4.74. The molecule has 0 aromatic heterocycles. The monoisotopic (exact) mass is 320 g/mol. The zero-order valence-electron chi connectivity index (χ0n) is 9.23. The van der Waals surface area contributed by atoms with E-state index >= 15 is 0 Å². The van der Waals surface area contributed by atoms with E-state index in [2.05, 4.69) is 20.7 Å². The smallest absolute Gasteiger partial charge is 0.229 e. The molecule has 0 aliphatic rings. The van der Waals surface area contributed by atoms with Crippen LogP contribution in [-0.2, 0) is 16.6 Å². The predicted octanol–water partition coefficient (Wildman–Crippen LogP) is 1.09. The van der Waals surface area contributed by atoms with Gasteiger partial charge in [-0.2, -0.15) is 0 Å². The first-order valence-corrected chi connectivity index (χ1v) is 7.78. The van der Waals surface area contributed by atoms with Gasteiger partial charge in [0.05, 0.1) is 11.6 Å². The minimum Gasteiger partial charge on any atom is -0.326 e. The van der Waals surface area contributed by atoms with Crippen LogP contribution in [0.15, 0.2) is 18.2 Å². The number of Topliss-reactive ketones (excluding diaryl/α,β-unsaturated/α-hetero) is 1. The Morgan fingerprint density at radius 3 is 2.53 bits per heavy atom. The lowest BCUT2D eigenvalue weighted by atomic mass is 10.1. The third kappa shape index (κ3) is 4.45. The van der Waals surface area contributed by atoms with Crippen LogP contribution < -0.4 is 10.5 Å². The molecule has 0 unspecified atom stereocenters. The van der Waals surface area contributed by atoms with E-state index in [4.69, 9.17) is 5.73 Å². The molecule has 17 heavy (non-hydrogen) atoms. The van der Waals surface area contributed by atoms with Crippen molar-refractivity contribution in [3.63, 3.8) is 0 Å². The zero-order valence-corrected chi connectivity index (χ0v) is 11.6. The topological polar surface area (TPSA) is 89.3 Å². The van der Waals surface area contributed by atoms with Crippen molar-refractivity contribution < 1.29 is 13.2 Å². The van der Waals surface area contributed by atoms with Crippen molar-refractivity contribution in [3.05, 3.63) is 29.3 Å². The molecule has 0 saturated carbocycles. The van der Waals surface area contributed by atoms with Crippen LogP contribution in [0.4, 0.5) is 5.69 Å². The number of rotatable bonds is 5. The molecule has 0 aliphatic heterocycles. The fourth-order valence-corrected chi connectivity index (χ4v) is 2.19. The molecule has 1 rings (SSSR count). The Labute approximate surface area is 109 Å². The van der Waals surface area contributed by atoms with Gasteiger partial charge in [-0.1, -0.05) is 15.9 Å². The number of hydrogen-bond acceptors (Lipinski definition) is 4. The van der Waals surface area contributed by atoms with Crippen molar-refractivity contribution in [3.8, 4) is 0 Å². The summed E-state index contributed by atoms with van der Waals surface area (Å²) in [5.74, 6) is -0.128. The summed E-state index contributed by atoms with van der Waals surface area (Å²) < 4.78 is 24.6. The Hall–Kier alpha value is -0.920. The molecule has 1 aromatic rings. The van der Waals surface area contributed by atoms with Crippen molar-refractivity contribution >= 4 is 37.4 Å². The Morgan fingerprint density at radius 1 is 1.41 bits per heavy atom. The Balaban J connectivity index is 3.18. The van der Waals surface area contributed by atoms with Gasteiger partial charge in [0.1, 0.15) is 0 Å². The lowest BCUT2D eigenvalue weighted by Crippen LogP contribution is -2.12. The molecule has 0 atom stereocenters. The molecule has 0 saturated heterocycles. The van der Waals surface area contributed by atoms with Crippen LogP contribution in [0.3, 0.4) is 0 Å². The van der Waals surface area contributed by atoms with Gasteiger partial charge in [-0.15, -0.1) is 0 Å². The van der Waals surface area contributed by atoms with Crippen LogP contribution in [0.5, 0.6) is 0 Å². The standard InChI is InChI=1S/C10H13BrN2O3S/c1-17(15,16)13-9-3-7(6-12)2-8(4-9)10(14)5-11/h2-4,13H,5-6,12H2,1H3. The molecule has 94 valence electrons. The second-order valence-corrected chi connectivity index (χ2v) is 5.86. The summed E-state index contributed by atoms with van der Waals surface area (Å²) in [6.07, 6.45) is 1.05. The number of alkyl halides is 1. The maximum Gasteiger partial charge on any atom is 0.229 e. The molecule has 0 aliphatic carbocycles. The van der Waals surface area contributed by atoms with Gasteiger partial charge < -0.3 is 5.73 Å². The number of anilines is 1. The summed E-state index contributed by atoms with van der Waals surface area (Å²) in [7, 11) is -3.37. The normalized spacial score (nSPS) is 11.2. The third-order valence-electron chi connectivity index (χ3n) is 1.98. The van der Waals surface area contributed by atoms with E-state index in [1.807, 2.05) is 0 Å². The highest BCUT2D eigenvalue weighted by molar-refractivity contribution is 9.09. The molecule has 0 bridgehead atoms. The molecular weight excluding hydrogens is 308 g/mol. The maximum atomic E-state index is 11.5. The molecule has 0 heterocycles. The van der Waals surface area contributed by atoms with Crippen molar-refractivity contribution in [2.75, 3.05) is 16.3 Å². The molecule has 1 aromatic carbocycles. The number of hydrogen-bond donors (Lipinski definition) is 2. The number of nitrogens with one attached hydrogen (secondary N) is 1. The first kappa shape index (κ1) is 14.1. The Morgan fingerprint density at radius 2 is 2.06 bits per heavy atom. The Kier molecular flexibility index (Phi) is 4.67. The van der Waals surface area contributed by atoms with Gasteiger partial charge in [0.2, 0.25) is 10.0 Å². The molecule has 0 radical (unpaired) electrons. The van der Waals surface area contributed by atoms with Crippen LogP contribution in [0.1, 0.15) is 15.9 Å². The summed E-state index contributed by atoms with van der Waals surface area (Å²) in [5, 5.41) is 0.180. The lowest BCUT2D eigenvalue weighted by molar-refractivity contribution is 0.102. The first-order chi connectivity index (χ1) is 7.85. The van der Waals surface area contributed by atoms with E-state index in [1.165, 1.54) is 6.07 Å². The predicted molar refractivity (Wildman–Crippen MR) is 70.9 cm³/mol. The van der Waals surface area contributed by atoms with Crippen LogP contribution in [0.2, 0.25) is 0 Å². The van der Waals surface area contributed by atoms with Gasteiger partial charge in [-0.05, 0) is 23.8 Å². The average Bonchev–Trinajstić information content (AvgIpc) is 2.25. The van der Waals surface area contributed by atoms with Gasteiger partial charge in [0.25, 0.3) is 0 Å². The van der Waals surface area contributed by atoms with Crippen molar-refractivity contribution in [2.24, 2.45) is 5.73 Å². The summed E-state index contributed by atoms with van der Waals surface area (Å²) >= 11 is 3.06. The van der Waals surface area contributed by atoms with Crippen molar-refractivity contribution in [1.82, 2.24) is 0 Å². The maximum absolute atomic E-state index is 11.5. The van der Waals surface area contributed by atoms with E-state index in [-0.39, 0.29) is 17.7 Å². The number of ketones is 1. The molecule has 0 spiro atoms. The highest BCUT2D eigenvalue weighted by Gasteiger charge is 2.09. The van der Waals surface area contributed by atoms with Crippen LogP contribution in [-0.4, -0.2) is 25.8 Å². The van der Waals surface area contributed by atoms with Gasteiger partial charge in [0, 0.05) is 17.8 Å². The van der Waals surface area contributed by atoms with Gasteiger partial charge in [0.15, 0.2) is 5.78 Å². The van der Waals surface area contributed by atoms with Crippen LogP contribution >= 0.6 is 15.9 Å². The van der Waals surface area contributed by atoms with E-state index in [0.29, 0.717) is 16.8 Å². The largest absolute Gasteiger partial charge is 0.326 e. The molecule has 0 amide bonds. The molecule has 3 N–H and O–H groups in total. The summed E-state index contributed by atoms with van der Waals surface area (Å²) in [5.41, 5.74) is 6.96. The number of sulfonamides is 1. The molecule has 7 heteroatoms. The molecule has 0 fully saturated rings. The SMILES string of the molecule is CS(=O)(=O)Nc1cc(CN)cc(C(=O)CBr)c1. The summed E-state index contributed by atoms with van der Waals surface area (Å²) in [4.78, 5) is 11.5. The third-order valence-corrected chi connectivity index (χ3v) is 3.09. The second kappa shape index (κ2) is 5.61. The molecule has 5 nitrogen and oxygen atoms in total. The number of carbonyl (C=O) groups is 1. The molecular formula is C10H13BrN2O3S. The minimum absolute atomic E-state index is 0.128. The average molecular weight is 321 g/mol. The van der Waals surface area contributed by atoms with E-state index < -0.39 is 10.0 Å². The number of nitrogens with two attached hydrogens (primary N) is 1. The minimum atomic E-state index is -3.37. The van der Waals surface area contributed by atoms with Gasteiger partial charge in [-0.3, -0.25) is 9.52 Å². The highest BCUT2D eigenvalue weighted by atomic mass is 79.9. The van der Waals surface area contributed by atoms with E-state index in [1.54, 1.807) is 12.1 Å². The first-order valence-electron chi connectivity index (χ1n) is 4.76. The fourth-order valence-electron chi connectivity index (χ4n) is 1.32. The van der Waals surface area contributed by atoms with E-state index in [9.17, 15) is 13.2 Å². The van der Waals surface area contributed by atoms with Gasteiger partial charge >= 0.3 is 0 Å². The second-order valence-electron chi connectivity index (χ2n) is 3.55. The van der Waals surface area contributed by atoms with Gasteiger partial charge in [-0.25, -0.2) is 8.42 Å². The zero-order chi connectivity index (χ0) is 13.1. The lowest BCUT2D eigenvalue weighted by Gasteiger charge is -2.08. The van der Waals surface area contributed by atoms with Crippen molar-refractivity contribution in [1.29, 1.82) is 0 Å². The fraction of sp³-hybridized carbons (Fsp3) is 0.300. The summed E-state index contributed by atoms with van der Waals surface area (Å²) in [6.45, 7) is 0.238. The van der Waals surface area contributed by atoms with Crippen molar-refractivity contribution in [2.45, 2.75) is 6.54 Å². The highest BCUT2D eigenvalue weighted by Crippen LogP contribution is 2.17.